The number of carbonyl (C=O) groups excluding carboxylic acids is 1. The SMILES string of the molecule is COc1ccc(Br)cc1/C=C1\N=C(c2ccc3c(c2)OCO3)OC1=O. The lowest BCUT2D eigenvalue weighted by molar-refractivity contribution is -0.129. The number of ether oxygens (including phenoxy) is 4. The van der Waals surface area contributed by atoms with Gasteiger partial charge in [0, 0.05) is 15.6 Å². The molecular formula is C18H12BrNO5. The maximum atomic E-state index is 12.2. The number of carbonyl (C=O) groups is 1. The molecule has 0 unspecified atom stereocenters. The summed E-state index contributed by atoms with van der Waals surface area (Å²) >= 11 is 3.40. The second-order valence-electron chi connectivity index (χ2n) is 5.29. The Kier molecular flexibility index (Phi) is 3.93. The van der Waals surface area contributed by atoms with Crippen molar-refractivity contribution >= 4 is 33.9 Å². The molecule has 0 saturated carbocycles. The average molecular weight is 402 g/mol. The van der Waals surface area contributed by atoms with Crippen molar-refractivity contribution in [2.45, 2.75) is 0 Å². The van der Waals surface area contributed by atoms with E-state index in [2.05, 4.69) is 20.9 Å². The third kappa shape index (κ3) is 2.98. The monoisotopic (exact) mass is 401 g/mol. The standard InChI is InChI=1S/C18H12BrNO5/c1-22-14-5-3-12(19)6-11(14)7-13-18(21)25-17(20-13)10-2-4-15-16(8-10)24-9-23-15/h2-8H,9H2,1H3/b13-7-. The van der Waals surface area contributed by atoms with Crippen LogP contribution >= 0.6 is 15.9 Å². The Balaban J connectivity index is 1.70. The summed E-state index contributed by atoms with van der Waals surface area (Å²) in [4.78, 5) is 16.5. The molecule has 2 aromatic rings. The number of halogens is 1. The summed E-state index contributed by atoms with van der Waals surface area (Å²) < 4.78 is 22.1. The Hall–Kier alpha value is -2.80. The number of fused-ring (bicyclic) bond motifs is 1. The molecule has 2 aliphatic rings. The molecule has 0 atom stereocenters. The number of hydrogen-bond donors (Lipinski definition) is 0. The highest BCUT2D eigenvalue weighted by Gasteiger charge is 2.26. The summed E-state index contributed by atoms with van der Waals surface area (Å²) in [5.74, 6) is 1.60. The van der Waals surface area contributed by atoms with Gasteiger partial charge < -0.3 is 18.9 Å². The zero-order valence-electron chi connectivity index (χ0n) is 13.1. The van der Waals surface area contributed by atoms with E-state index in [1.165, 1.54) is 0 Å². The summed E-state index contributed by atoms with van der Waals surface area (Å²) in [6.07, 6.45) is 1.63. The van der Waals surface area contributed by atoms with Crippen molar-refractivity contribution in [2.75, 3.05) is 13.9 Å². The molecule has 0 aromatic heterocycles. The first-order valence-corrected chi connectivity index (χ1v) is 8.19. The fourth-order valence-electron chi connectivity index (χ4n) is 2.53. The van der Waals surface area contributed by atoms with E-state index in [0.29, 0.717) is 22.8 Å². The number of esters is 1. The van der Waals surface area contributed by atoms with Crippen LogP contribution in [0.25, 0.3) is 6.08 Å². The Labute approximate surface area is 151 Å². The Morgan fingerprint density at radius 2 is 2.00 bits per heavy atom. The van der Waals surface area contributed by atoms with E-state index < -0.39 is 5.97 Å². The van der Waals surface area contributed by atoms with Gasteiger partial charge in [0.15, 0.2) is 17.2 Å². The van der Waals surface area contributed by atoms with Crippen molar-refractivity contribution in [2.24, 2.45) is 4.99 Å². The molecular weight excluding hydrogens is 390 g/mol. The fourth-order valence-corrected chi connectivity index (χ4v) is 2.91. The van der Waals surface area contributed by atoms with Crippen molar-refractivity contribution in [3.05, 3.63) is 57.7 Å². The quantitative estimate of drug-likeness (QED) is 0.581. The van der Waals surface area contributed by atoms with Crippen LogP contribution in [0.4, 0.5) is 0 Å². The highest BCUT2D eigenvalue weighted by atomic mass is 79.9. The van der Waals surface area contributed by atoms with Crippen LogP contribution in [0.1, 0.15) is 11.1 Å². The predicted molar refractivity (Wildman–Crippen MR) is 93.9 cm³/mol. The summed E-state index contributed by atoms with van der Waals surface area (Å²) in [5.41, 5.74) is 1.56. The number of hydrogen-bond acceptors (Lipinski definition) is 6. The summed E-state index contributed by atoms with van der Waals surface area (Å²) in [7, 11) is 1.57. The van der Waals surface area contributed by atoms with Crippen LogP contribution in [0.5, 0.6) is 17.2 Å². The smallest absolute Gasteiger partial charge is 0.363 e. The fraction of sp³-hybridized carbons (Fsp3) is 0.111. The van der Waals surface area contributed by atoms with Crippen LogP contribution in [-0.4, -0.2) is 25.8 Å². The maximum absolute atomic E-state index is 12.2. The van der Waals surface area contributed by atoms with Crippen molar-refractivity contribution in [3.8, 4) is 17.2 Å². The highest BCUT2D eigenvalue weighted by Crippen LogP contribution is 2.34. The Bertz CT molecular complexity index is 935. The number of aliphatic imine (C=N–C) groups is 1. The van der Waals surface area contributed by atoms with Gasteiger partial charge in [-0.05, 0) is 42.5 Å². The van der Waals surface area contributed by atoms with Gasteiger partial charge in [0.1, 0.15) is 5.75 Å². The van der Waals surface area contributed by atoms with Crippen LogP contribution in [-0.2, 0) is 9.53 Å². The van der Waals surface area contributed by atoms with Crippen LogP contribution in [0, 0.1) is 0 Å². The lowest BCUT2D eigenvalue weighted by Crippen LogP contribution is -2.05. The van der Waals surface area contributed by atoms with Gasteiger partial charge >= 0.3 is 5.97 Å². The normalized spacial score (nSPS) is 16.8. The molecule has 0 saturated heterocycles. The molecule has 0 N–H and O–H groups in total. The molecule has 25 heavy (non-hydrogen) atoms. The molecule has 2 aromatic carbocycles. The summed E-state index contributed by atoms with van der Waals surface area (Å²) in [6, 6.07) is 10.8. The van der Waals surface area contributed by atoms with Gasteiger partial charge in [-0.25, -0.2) is 9.79 Å². The van der Waals surface area contributed by atoms with E-state index in [1.54, 1.807) is 37.5 Å². The van der Waals surface area contributed by atoms with Crippen LogP contribution in [0.2, 0.25) is 0 Å². The van der Waals surface area contributed by atoms with Crippen molar-refractivity contribution in [1.82, 2.24) is 0 Å². The summed E-state index contributed by atoms with van der Waals surface area (Å²) in [5, 5.41) is 0. The molecule has 0 bridgehead atoms. The first kappa shape index (κ1) is 15.7. The van der Waals surface area contributed by atoms with Gasteiger partial charge in [-0.1, -0.05) is 15.9 Å². The molecule has 0 aliphatic carbocycles. The second kappa shape index (κ2) is 6.25. The van der Waals surface area contributed by atoms with Gasteiger partial charge in [0.05, 0.1) is 7.11 Å². The minimum Gasteiger partial charge on any atom is -0.496 e. The van der Waals surface area contributed by atoms with Gasteiger partial charge in [-0.3, -0.25) is 0 Å². The third-order valence-corrected chi connectivity index (χ3v) is 4.22. The molecule has 126 valence electrons. The summed E-state index contributed by atoms with van der Waals surface area (Å²) in [6.45, 7) is 0.179. The topological polar surface area (TPSA) is 66.3 Å². The number of rotatable bonds is 3. The number of cyclic esters (lactones) is 1. The lowest BCUT2D eigenvalue weighted by atomic mass is 10.1. The Morgan fingerprint density at radius 3 is 2.84 bits per heavy atom. The first-order valence-electron chi connectivity index (χ1n) is 7.40. The predicted octanol–water partition coefficient (Wildman–Crippen LogP) is 3.53. The molecule has 0 amide bonds. The van der Waals surface area contributed by atoms with E-state index >= 15 is 0 Å². The molecule has 0 fully saturated rings. The van der Waals surface area contributed by atoms with E-state index in [1.807, 2.05) is 12.1 Å². The van der Waals surface area contributed by atoms with Crippen LogP contribution in [0.15, 0.2) is 51.6 Å². The molecule has 7 heteroatoms. The van der Waals surface area contributed by atoms with Crippen LogP contribution in [0.3, 0.4) is 0 Å². The Morgan fingerprint density at radius 1 is 1.16 bits per heavy atom. The molecule has 0 radical (unpaired) electrons. The molecule has 2 heterocycles. The van der Waals surface area contributed by atoms with E-state index in [4.69, 9.17) is 18.9 Å². The number of benzene rings is 2. The van der Waals surface area contributed by atoms with Crippen molar-refractivity contribution in [1.29, 1.82) is 0 Å². The first-order chi connectivity index (χ1) is 12.1. The molecule has 6 nitrogen and oxygen atoms in total. The van der Waals surface area contributed by atoms with Gasteiger partial charge in [0.2, 0.25) is 12.7 Å². The number of methoxy groups -OCH3 is 1. The van der Waals surface area contributed by atoms with Gasteiger partial charge in [0.25, 0.3) is 0 Å². The van der Waals surface area contributed by atoms with Gasteiger partial charge in [-0.2, -0.15) is 0 Å². The third-order valence-electron chi connectivity index (χ3n) is 3.72. The van der Waals surface area contributed by atoms with Crippen LogP contribution < -0.4 is 14.2 Å². The zero-order chi connectivity index (χ0) is 17.4. The van der Waals surface area contributed by atoms with Crippen molar-refractivity contribution < 1.29 is 23.7 Å². The zero-order valence-corrected chi connectivity index (χ0v) is 14.7. The molecule has 0 spiro atoms. The number of nitrogens with zero attached hydrogens (tertiary/aromatic N) is 1. The highest BCUT2D eigenvalue weighted by molar-refractivity contribution is 9.10. The molecule has 2 aliphatic heterocycles. The van der Waals surface area contributed by atoms with E-state index in [-0.39, 0.29) is 18.4 Å². The largest absolute Gasteiger partial charge is 0.496 e. The minimum absolute atomic E-state index is 0.179. The maximum Gasteiger partial charge on any atom is 0.363 e. The van der Waals surface area contributed by atoms with E-state index in [9.17, 15) is 4.79 Å². The second-order valence-corrected chi connectivity index (χ2v) is 6.21. The average Bonchev–Trinajstić information content (AvgIpc) is 3.21. The minimum atomic E-state index is -0.519. The molecule has 4 rings (SSSR count). The van der Waals surface area contributed by atoms with Gasteiger partial charge in [-0.15, -0.1) is 0 Å². The van der Waals surface area contributed by atoms with E-state index in [0.717, 1.165) is 10.0 Å². The lowest BCUT2D eigenvalue weighted by Gasteiger charge is -2.04. The van der Waals surface area contributed by atoms with Crippen molar-refractivity contribution in [3.63, 3.8) is 0 Å².